The van der Waals surface area contributed by atoms with Crippen molar-refractivity contribution in [2.75, 3.05) is 18.4 Å². The minimum absolute atomic E-state index is 0.481. The van der Waals surface area contributed by atoms with Crippen LogP contribution in [0.15, 0.2) is 23.0 Å². The highest BCUT2D eigenvalue weighted by Crippen LogP contribution is 2.22. The molecular formula is C11H14N4O. The van der Waals surface area contributed by atoms with Gasteiger partial charge in [0.2, 0.25) is 0 Å². The van der Waals surface area contributed by atoms with Crippen LogP contribution >= 0.6 is 0 Å². The zero-order chi connectivity index (χ0) is 10.8. The normalized spacial score (nSPS) is 21.1. The van der Waals surface area contributed by atoms with Crippen LogP contribution in [0.25, 0.3) is 11.1 Å². The van der Waals surface area contributed by atoms with E-state index in [0.717, 1.165) is 24.2 Å². The van der Waals surface area contributed by atoms with Gasteiger partial charge in [0.15, 0.2) is 0 Å². The van der Waals surface area contributed by atoms with Gasteiger partial charge in [0.05, 0.1) is 17.3 Å². The molecule has 3 rings (SSSR count). The van der Waals surface area contributed by atoms with E-state index in [2.05, 4.69) is 20.8 Å². The lowest BCUT2D eigenvalue weighted by molar-refractivity contribution is 0.448. The monoisotopic (exact) mass is 218 g/mol. The summed E-state index contributed by atoms with van der Waals surface area (Å²) >= 11 is 0. The van der Waals surface area contributed by atoms with Crippen LogP contribution in [-0.4, -0.2) is 29.3 Å². The molecular weight excluding hydrogens is 204 g/mol. The number of rotatable bonds is 2. The molecule has 0 bridgehead atoms. The lowest BCUT2D eigenvalue weighted by atomic mass is 10.1. The summed E-state index contributed by atoms with van der Waals surface area (Å²) in [6.45, 7) is 2.13. The molecule has 0 radical (unpaired) electrons. The molecule has 1 aliphatic heterocycles. The molecule has 1 fully saturated rings. The van der Waals surface area contributed by atoms with Gasteiger partial charge >= 0.3 is 0 Å². The van der Waals surface area contributed by atoms with Crippen molar-refractivity contribution in [1.82, 2.24) is 15.5 Å². The molecule has 1 aliphatic rings. The molecule has 0 aliphatic carbocycles. The highest BCUT2D eigenvalue weighted by atomic mass is 16.5. The minimum atomic E-state index is 0.481. The first kappa shape index (κ1) is 9.59. The lowest BCUT2D eigenvalue weighted by Gasteiger charge is -2.24. The van der Waals surface area contributed by atoms with Gasteiger partial charge in [-0.15, -0.1) is 0 Å². The quantitative estimate of drug-likeness (QED) is 0.797. The Morgan fingerprint density at radius 3 is 3.38 bits per heavy atom. The van der Waals surface area contributed by atoms with Gasteiger partial charge in [0.25, 0.3) is 5.71 Å². The zero-order valence-electron chi connectivity index (χ0n) is 8.94. The smallest absolute Gasteiger partial charge is 0.259 e. The second-order valence-electron chi connectivity index (χ2n) is 4.09. The van der Waals surface area contributed by atoms with E-state index in [1.165, 1.54) is 12.8 Å². The number of aromatic nitrogens is 2. The van der Waals surface area contributed by atoms with Gasteiger partial charge in [-0.2, -0.15) is 0 Å². The van der Waals surface area contributed by atoms with Gasteiger partial charge in [-0.25, -0.2) is 4.98 Å². The molecule has 16 heavy (non-hydrogen) atoms. The first-order chi connectivity index (χ1) is 7.93. The summed E-state index contributed by atoms with van der Waals surface area (Å²) in [5, 5.41) is 11.6. The Balaban J connectivity index is 1.85. The average molecular weight is 218 g/mol. The molecule has 2 aromatic rings. The number of hydrogen-bond acceptors (Lipinski definition) is 5. The summed E-state index contributed by atoms with van der Waals surface area (Å²) in [7, 11) is 0. The maximum Gasteiger partial charge on any atom is 0.259 e. The van der Waals surface area contributed by atoms with Crippen LogP contribution < -0.4 is 10.6 Å². The van der Waals surface area contributed by atoms with Crippen molar-refractivity contribution < 1.29 is 4.52 Å². The van der Waals surface area contributed by atoms with Gasteiger partial charge in [-0.1, -0.05) is 5.16 Å². The highest BCUT2D eigenvalue weighted by molar-refractivity contribution is 5.86. The van der Waals surface area contributed by atoms with Crippen molar-refractivity contribution >= 4 is 16.8 Å². The molecule has 0 spiro atoms. The van der Waals surface area contributed by atoms with Crippen molar-refractivity contribution in [3.8, 4) is 0 Å². The van der Waals surface area contributed by atoms with Crippen LogP contribution in [-0.2, 0) is 0 Å². The maximum absolute atomic E-state index is 5.03. The van der Waals surface area contributed by atoms with Gasteiger partial charge in [-0.05, 0) is 25.5 Å². The third-order valence-corrected chi connectivity index (χ3v) is 2.93. The fourth-order valence-corrected chi connectivity index (χ4v) is 2.10. The molecule has 0 amide bonds. The number of piperidine rings is 1. The number of nitrogens with one attached hydrogen (secondary N) is 2. The van der Waals surface area contributed by atoms with Crippen molar-refractivity contribution in [2.45, 2.75) is 18.9 Å². The molecule has 5 heteroatoms. The number of hydrogen-bond donors (Lipinski definition) is 2. The molecule has 2 N–H and O–H groups in total. The second kappa shape index (κ2) is 4.09. The predicted octanol–water partition coefficient (Wildman–Crippen LogP) is 1.39. The summed E-state index contributed by atoms with van der Waals surface area (Å²) < 4.78 is 5.03. The van der Waals surface area contributed by atoms with Gasteiger partial charge in [-0.3, -0.25) is 0 Å². The van der Waals surface area contributed by atoms with E-state index < -0.39 is 0 Å². The predicted molar refractivity (Wildman–Crippen MR) is 61.3 cm³/mol. The summed E-state index contributed by atoms with van der Waals surface area (Å²) in [6.07, 6.45) is 5.87. The van der Waals surface area contributed by atoms with E-state index in [1.54, 1.807) is 12.4 Å². The van der Waals surface area contributed by atoms with Crippen LogP contribution in [0.2, 0.25) is 0 Å². The van der Waals surface area contributed by atoms with Crippen LogP contribution in [0, 0.1) is 0 Å². The van der Waals surface area contributed by atoms with E-state index in [9.17, 15) is 0 Å². The van der Waals surface area contributed by atoms with Crippen molar-refractivity contribution in [1.29, 1.82) is 0 Å². The minimum Gasteiger partial charge on any atom is -0.380 e. The van der Waals surface area contributed by atoms with Gasteiger partial charge < -0.3 is 15.2 Å². The van der Waals surface area contributed by atoms with Crippen molar-refractivity contribution in [3.63, 3.8) is 0 Å². The molecule has 3 heterocycles. The Labute approximate surface area is 93.2 Å². The Morgan fingerprint density at radius 2 is 2.50 bits per heavy atom. The van der Waals surface area contributed by atoms with Crippen LogP contribution in [0.1, 0.15) is 12.8 Å². The standard InChI is InChI=1S/C11H14N4O/c1-2-8(6-12-4-1)15-10-3-5-13-11-9(10)7-14-16-11/h3,5,7-8,12H,1-2,4,6H2,(H,13,15). The first-order valence-corrected chi connectivity index (χ1v) is 5.60. The molecule has 1 unspecified atom stereocenters. The fraction of sp³-hybridized carbons (Fsp3) is 0.455. The summed E-state index contributed by atoms with van der Waals surface area (Å²) in [6, 6.07) is 2.45. The van der Waals surface area contributed by atoms with Crippen LogP contribution in [0.3, 0.4) is 0 Å². The largest absolute Gasteiger partial charge is 0.380 e. The molecule has 0 aromatic carbocycles. The summed E-state index contributed by atoms with van der Waals surface area (Å²) in [5.41, 5.74) is 1.65. The molecule has 2 aromatic heterocycles. The third-order valence-electron chi connectivity index (χ3n) is 2.93. The lowest BCUT2D eigenvalue weighted by Crippen LogP contribution is -2.38. The van der Waals surface area contributed by atoms with E-state index in [1.807, 2.05) is 6.07 Å². The van der Waals surface area contributed by atoms with E-state index in [-0.39, 0.29) is 0 Å². The van der Waals surface area contributed by atoms with Crippen molar-refractivity contribution in [2.24, 2.45) is 0 Å². The summed E-state index contributed by atoms with van der Waals surface area (Å²) in [4.78, 5) is 4.11. The van der Waals surface area contributed by atoms with Gasteiger partial charge in [0, 0.05) is 18.8 Å². The topological polar surface area (TPSA) is 63.0 Å². The Hall–Kier alpha value is -1.62. The van der Waals surface area contributed by atoms with Gasteiger partial charge in [0.1, 0.15) is 0 Å². The van der Waals surface area contributed by atoms with Crippen LogP contribution in [0.5, 0.6) is 0 Å². The Bertz CT molecular complexity index is 476. The molecule has 5 nitrogen and oxygen atoms in total. The average Bonchev–Trinajstić information content (AvgIpc) is 2.80. The Kier molecular flexibility index (Phi) is 2.46. The SMILES string of the molecule is c1cc(NC2CCCNC2)c2cnoc2n1. The number of anilines is 1. The summed E-state index contributed by atoms with van der Waals surface area (Å²) in [5.74, 6) is 0. The number of pyridine rings is 1. The van der Waals surface area contributed by atoms with Crippen LogP contribution in [0.4, 0.5) is 5.69 Å². The maximum atomic E-state index is 5.03. The fourth-order valence-electron chi connectivity index (χ4n) is 2.10. The van der Waals surface area contributed by atoms with Crippen molar-refractivity contribution in [3.05, 3.63) is 18.5 Å². The van der Waals surface area contributed by atoms with E-state index >= 15 is 0 Å². The molecule has 0 saturated carbocycles. The molecule has 84 valence electrons. The molecule has 1 atom stereocenters. The second-order valence-corrected chi connectivity index (χ2v) is 4.09. The van der Waals surface area contributed by atoms with E-state index in [0.29, 0.717) is 11.8 Å². The van der Waals surface area contributed by atoms with E-state index in [4.69, 9.17) is 4.52 Å². The highest BCUT2D eigenvalue weighted by Gasteiger charge is 2.14. The third kappa shape index (κ3) is 1.74. The number of nitrogens with zero attached hydrogens (tertiary/aromatic N) is 2. The Morgan fingerprint density at radius 1 is 1.50 bits per heavy atom. The number of fused-ring (bicyclic) bond motifs is 1. The zero-order valence-corrected chi connectivity index (χ0v) is 8.94. The molecule has 1 saturated heterocycles. The first-order valence-electron chi connectivity index (χ1n) is 5.60.